The van der Waals surface area contributed by atoms with Crippen molar-refractivity contribution in [2.45, 2.75) is 6.42 Å². The third kappa shape index (κ3) is 5.22. The van der Waals surface area contributed by atoms with Gasteiger partial charge >= 0.3 is 5.97 Å². The molecule has 0 aliphatic carbocycles. The summed E-state index contributed by atoms with van der Waals surface area (Å²) < 4.78 is 0. The van der Waals surface area contributed by atoms with Gasteiger partial charge in [-0.1, -0.05) is 58.7 Å². The molecule has 0 saturated carbocycles. The summed E-state index contributed by atoms with van der Waals surface area (Å²) in [6.45, 7) is 2.42. The fourth-order valence-electron chi connectivity index (χ4n) is 3.12. The van der Waals surface area contributed by atoms with Crippen molar-refractivity contribution in [3.8, 4) is 11.1 Å². The van der Waals surface area contributed by atoms with E-state index in [1.165, 1.54) is 0 Å². The summed E-state index contributed by atoms with van der Waals surface area (Å²) in [7, 11) is 0. The molecule has 2 aromatic carbocycles. The molecule has 0 radical (unpaired) electrons. The van der Waals surface area contributed by atoms with Crippen LogP contribution in [0.25, 0.3) is 11.1 Å². The smallest absolute Gasteiger partial charge is 0.307 e. The zero-order valence-corrected chi connectivity index (χ0v) is 16.2. The number of hydrogen-bond donors (Lipinski definition) is 1. The van der Waals surface area contributed by atoms with Crippen molar-refractivity contribution in [2.24, 2.45) is 11.1 Å². The Labute approximate surface area is 168 Å². The van der Waals surface area contributed by atoms with Crippen molar-refractivity contribution in [1.82, 2.24) is 4.90 Å². The quantitative estimate of drug-likeness (QED) is 0.420. The maximum atomic E-state index is 11.0. The number of hydrogen-bond acceptors (Lipinski definition) is 4. The van der Waals surface area contributed by atoms with Crippen molar-refractivity contribution in [2.75, 3.05) is 26.2 Å². The highest BCUT2D eigenvalue weighted by Crippen LogP contribution is 2.31. The summed E-state index contributed by atoms with van der Waals surface area (Å²) in [6, 6.07) is 13.1. The molecule has 0 amide bonds. The molecule has 7 heteroatoms. The lowest BCUT2D eigenvalue weighted by Crippen LogP contribution is -2.26. The van der Waals surface area contributed by atoms with Crippen molar-refractivity contribution < 1.29 is 14.7 Å². The van der Waals surface area contributed by atoms with Gasteiger partial charge in [-0.15, -0.1) is 0 Å². The standard InChI is InChI=1S/C20H20Cl2N2O3/c21-16-5-6-18(19(22)11-16)17-4-2-1-3-14(17)12-23-27-10-9-24-8-7-15(13-24)20(25)26/h1-6,11-12,15H,7-10,13H2,(H,25,26). The minimum Gasteiger partial charge on any atom is -0.481 e. The van der Waals surface area contributed by atoms with Crippen molar-refractivity contribution >= 4 is 35.4 Å². The zero-order chi connectivity index (χ0) is 19.2. The van der Waals surface area contributed by atoms with E-state index >= 15 is 0 Å². The van der Waals surface area contributed by atoms with Crippen LogP contribution in [0.15, 0.2) is 47.6 Å². The third-order valence-electron chi connectivity index (χ3n) is 4.57. The zero-order valence-electron chi connectivity index (χ0n) is 14.6. The van der Waals surface area contributed by atoms with E-state index < -0.39 is 5.97 Å². The van der Waals surface area contributed by atoms with E-state index in [0.717, 1.165) is 23.2 Å². The lowest BCUT2D eigenvalue weighted by atomic mass is 10.0. The Bertz CT molecular complexity index is 842. The monoisotopic (exact) mass is 406 g/mol. The lowest BCUT2D eigenvalue weighted by molar-refractivity contribution is -0.141. The first-order valence-electron chi connectivity index (χ1n) is 8.69. The van der Waals surface area contributed by atoms with Crippen LogP contribution in [-0.4, -0.2) is 48.4 Å². The summed E-state index contributed by atoms with van der Waals surface area (Å²) in [4.78, 5) is 18.4. The molecule has 3 rings (SSSR count). The first kappa shape index (κ1) is 19.7. The third-order valence-corrected chi connectivity index (χ3v) is 5.12. The lowest BCUT2D eigenvalue weighted by Gasteiger charge is -2.13. The van der Waals surface area contributed by atoms with Crippen LogP contribution >= 0.6 is 23.2 Å². The highest BCUT2D eigenvalue weighted by atomic mass is 35.5. The van der Waals surface area contributed by atoms with Gasteiger partial charge in [0.15, 0.2) is 0 Å². The number of oxime groups is 1. The fourth-order valence-corrected chi connectivity index (χ4v) is 3.63. The van der Waals surface area contributed by atoms with Crippen LogP contribution < -0.4 is 0 Å². The number of nitrogens with zero attached hydrogens (tertiary/aromatic N) is 2. The van der Waals surface area contributed by atoms with E-state index in [9.17, 15) is 4.79 Å². The molecular formula is C20H20Cl2N2O3. The minimum atomic E-state index is -0.728. The van der Waals surface area contributed by atoms with Crippen molar-refractivity contribution in [1.29, 1.82) is 0 Å². The van der Waals surface area contributed by atoms with E-state index in [4.69, 9.17) is 33.1 Å². The number of carboxylic acids is 1. The van der Waals surface area contributed by atoms with Crippen molar-refractivity contribution in [3.63, 3.8) is 0 Å². The highest BCUT2D eigenvalue weighted by molar-refractivity contribution is 6.36. The molecule has 0 aromatic heterocycles. The molecule has 0 bridgehead atoms. The van der Waals surface area contributed by atoms with Gasteiger partial charge in [0.05, 0.1) is 12.1 Å². The Morgan fingerprint density at radius 2 is 2.07 bits per heavy atom. The predicted molar refractivity (Wildman–Crippen MR) is 108 cm³/mol. The average Bonchev–Trinajstić information content (AvgIpc) is 3.11. The van der Waals surface area contributed by atoms with Crippen LogP contribution in [0.4, 0.5) is 0 Å². The Morgan fingerprint density at radius 3 is 2.81 bits per heavy atom. The Hall–Kier alpha value is -2.08. The molecule has 1 unspecified atom stereocenters. The molecule has 5 nitrogen and oxygen atoms in total. The van der Waals surface area contributed by atoms with E-state index in [1.54, 1.807) is 18.3 Å². The first-order chi connectivity index (χ1) is 13.0. The number of carboxylic acid groups (broad SMARTS) is 1. The second-order valence-electron chi connectivity index (χ2n) is 6.40. The first-order valence-corrected chi connectivity index (χ1v) is 9.45. The van der Waals surface area contributed by atoms with Crippen LogP contribution in [0.5, 0.6) is 0 Å². The van der Waals surface area contributed by atoms with E-state index in [1.807, 2.05) is 30.3 Å². The van der Waals surface area contributed by atoms with Gasteiger partial charge in [0.1, 0.15) is 6.61 Å². The summed E-state index contributed by atoms with van der Waals surface area (Å²) in [5, 5.41) is 14.2. The van der Waals surface area contributed by atoms with Crippen LogP contribution in [0.2, 0.25) is 10.0 Å². The molecule has 1 heterocycles. The molecule has 27 heavy (non-hydrogen) atoms. The molecule has 1 aliphatic rings. The second kappa shape index (κ2) is 9.22. The average molecular weight is 407 g/mol. The normalized spacial score (nSPS) is 17.5. The number of halogens is 2. The number of rotatable bonds is 7. The summed E-state index contributed by atoms with van der Waals surface area (Å²) in [6.07, 6.45) is 2.35. The summed E-state index contributed by atoms with van der Waals surface area (Å²) >= 11 is 12.3. The number of aliphatic carboxylic acids is 1. The van der Waals surface area contributed by atoms with Gasteiger partial charge in [-0.25, -0.2) is 0 Å². The van der Waals surface area contributed by atoms with E-state index in [-0.39, 0.29) is 5.92 Å². The molecule has 1 N–H and O–H groups in total. The molecule has 142 valence electrons. The van der Waals surface area contributed by atoms with Crippen LogP contribution in [0.3, 0.4) is 0 Å². The molecule has 1 fully saturated rings. The Morgan fingerprint density at radius 1 is 1.26 bits per heavy atom. The van der Waals surface area contributed by atoms with E-state index in [0.29, 0.717) is 36.2 Å². The summed E-state index contributed by atoms with van der Waals surface area (Å²) in [5.41, 5.74) is 2.70. The number of benzene rings is 2. The van der Waals surface area contributed by atoms with Gasteiger partial charge in [-0.2, -0.15) is 0 Å². The SMILES string of the molecule is O=C(O)C1CCN(CCON=Cc2ccccc2-c2ccc(Cl)cc2Cl)C1. The van der Waals surface area contributed by atoms with Gasteiger partial charge in [0, 0.05) is 34.3 Å². The Kier molecular flexibility index (Phi) is 6.72. The Balaban J connectivity index is 1.57. The molecule has 1 saturated heterocycles. The molecular weight excluding hydrogens is 387 g/mol. The molecule has 1 aliphatic heterocycles. The largest absolute Gasteiger partial charge is 0.481 e. The summed E-state index contributed by atoms with van der Waals surface area (Å²) in [5.74, 6) is -1.00. The van der Waals surface area contributed by atoms with Gasteiger partial charge in [-0.3, -0.25) is 9.69 Å². The predicted octanol–water partition coefficient (Wildman–Crippen LogP) is 4.42. The van der Waals surface area contributed by atoms with Gasteiger partial charge < -0.3 is 9.94 Å². The van der Waals surface area contributed by atoms with Gasteiger partial charge in [0.2, 0.25) is 0 Å². The molecule has 1 atom stereocenters. The van der Waals surface area contributed by atoms with Crippen LogP contribution in [0, 0.1) is 5.92 Å². The maximum absolute atomic E-state index is 11.0. The second-order valence-corrected chi connectivity index (χ2v) is 7.25. The molecule has 2 aromatic rings. The maximum Gasteiger partial charge on any atom is 0.307 e. The van der Waals surface area contributed by atoms with Crippen molar-refractivity contribution in [3.05, 3.63) is 58.1 Å². The number of likely N-dealkylation sites (tertiary alicyclic amines) is 1. The fraction of sp³-hybridized carbons (Fsp3) is 0.300. The van der Waals surface area contributed by atoms with Crippen LogP contribution in [-0.2, 0) is 9.63 Å². The molecule has 0 spiro atoms. The highest BCUT2D eigenvalue weighted by Gasteiger charge is 2.27. The topological polar surface area (TPSA) is 62.1 Å². The number of carbonyl (C=O) groups is 1. The van der Waals surface area contributed by atoms with E-state index in [2.05, 4.69) is 10.1 Å². The van der Waals surface area contributed by atoms with Crippen LogP contribution in [0.1, 0.15) is 12.0 Å². The minimum absolute atomic E-state index is 0.274. The van der Waals surface area contributed by atoms with Gasteiger partial charge in [-0.05, 0) is 30.7 Å². The van der Waals surface area contributed by atoms with Gasteiger partial charge in [0.25, 0.3) is 0 Å².